The molecule has 1 saturated carbocycles. The van der Waals surface area contributed by atoms with Crippen molar-refractivity contribution in [3.05, 3.63) is 82.9 Å². The van der Waals surface area contributed by atoms with E-state index in [0.29, 0.717) is 29.8 Å². The van der Waals surface area contributed by atoms with Gasteiger partial charge in [0.1, 0.15) is 5.75 Å². The summed E-state index contributed by atoms with van der Waals surface area (Å²) >= 11 is 0. The zero-order chi connectivity index (χ0) is 27.2. The van der Waals surface area contributed by atoms with Crippen LogP contribution in [0.1, 0.15) is 45.7 Å². The zero-order valence-corrected chi connectivity index (χ0v) is 21.6. The summed E-state index contributed by atoms with van der Waals surface area (Å²) in [6.07, 6.45) is 4.54. The normalized spacial score (nSPS) is 13.4. The number of pyridine rings is 1. The fourth-order valence-corrected chi connectivity index (χ4v) is 4.87. The van der Waals surface area contributed by atoms with Crippen LogP contribution in [-0.4, -0.2) is 28.2 Å². The third-order valence-electron chi connectivity index (χ3n) is 6.96. The Morgan fingerprint density at radius 2 is 1.84 bits per heavy atom. The van der Waals surface area contributed by atoms with Gasteiger partial charge in [-0.15, -0.1) is 0 Å². The van der Waals surface area contributed by atoms with E-state index in [1.807, 2.05) is 19.9 Å². The Kier molecular flexibility index (Phi) is 6.38. The largest absolute Gasteiger partial charge is 0.496 e. The number of methoxy groups -OCH3 is 1. The molecule has 2 aromatic heterocycles. The molecule has 0 bridgehead atoms. The van der Waals surface area contributed by atoms with Crippen molar-refractivity contribution in [2.24, 2.45) is 5.92 Å². The first-order valence-corrected chi connectivity index (χ1v) is 12.3. The van der Waals surface area contributed by atoms with Gasteiger partial charge in [-0.25, -0.2) is 13.8 Å². The van der Waals surface area contributed by atoms with Crippen molar-refractivity contribution < 1.29 is 28.2 Å². The number of carbonyl (C=O) groups is 1. The molecule has 1 aliphatic rings. The topological polar surface area (TPSA) is 91.1 Å². The van der Waals surface area contributed by atoms with Crippen molar-refractivity contribution in [3.8, 4) is 28.3 Å². The van der Waals surface area contributed by atoms with Crippen molar-refractivity contribution in [3.63, 3.8) is 0 Å². The van der Waals surface area contributed by atoms with E-state index in [0.717, 1.165) is 27.0 Å². The molecule has 0 spiro atoms. The van der Waals surface area contributed by atoms with Crippen LogP contribution < -0.4 is 14.8 Å². The number of aryl methyl sites for hydroxylation is 3. The molecule has 3 N–H and O–H groups in total. The van der Waals surface area contributed by atoms with E-state index < -0.39 is 17.7 Å². The molecule has 0 radical (unpaired) electrons. The maximum Gasteiger partial charge on any atom is 0.327 e. The summed E-state index contributed by atoms with van der Waals surface area (Å²) in [7, 11) is 1.59. The van der Waals surface area contributed by atoms with Gasteiger partial charge < -0.3 is 15.3 Å². The number of ether oxygens (including phenoxy) is 1. The minimum Gasteiger partial charge on any atom is -0.496 e. The number of aromatic nitrogens is 3. The number of imidazole rings is 1. The summed E-state index contributed by atoms with van der Waals surface area (Å²) in [5.74, 6) is -3.29. The molecule has 196 valence electrons. The van der Waals surface area contributed by atoms with Crippen molar-refractivity contribution in [2.75, 3.05) is 12.4 Å². The van der Waals surface area contributed by atoms with E-state index in [4.69, 9.17) is 4.74 Å². The first kappa shape index (κ1) is 25.4. The Hall–Kier alpha value is -4.27. The number of H-pyrrole nitrogens is 1. The van der Waals surface area contributed by atoms with Crippen molar-refractivity contribution >= 4 is 11.6 Å². The highest BCUT2D eigenvalue weighted by molar-refractivity contribution is 6.02. The molecule has 4 aromatic rings. The highest BCUT2D eigenvalue weighted by Crippen LogP contribution is 2.50. The molecule has 38 heavy (non-hydrogen) atoms. The second-order valence-corrected chi connectivity index (χ2v) is 9.75. The lowest BCUT2D eigenvalue weighted by atomic mass is 9.95. The molecule has 0 saturated heterocycles. The van der Waals surface area contributed by atoms with Crippen molar-refractivity contribution in [1.82, 2.24) is 9.97 Å². The highest BCUT2D eigenvalue weighted by Gasteiger charge is 2.48. The van der Waals surface area contributed by atoms with Gasteiger partial charge in [-0.3, -0.25) is 9.78 Å². The lowest BCUT2D eigenvalue weighted by Crippen LogP contribution is -2.39. The maximum atomic E-state index is 14.6. The van der Waals surface area contributed by atoms with Gasteiger partial charge in [-0.2, -0.15) is 0 Å². The summed E-state index contributed by atoms with van der Waals surface area (Å²) in [6.45, 7) is 5.58. The van der Waals surface area contributed by atoms with Gasteiger partial charge in [0.05, 0.1) is 12.7 Å². The molecule has 0 aliphatic heterocycles. The Morgan fingerprint density at radius 1 is 1.13 bits per heavy atom. The third-order valence-corrected chi connectivity index (χ3v) is 6.96. The molecule has 1 amide bonds. The number of amides is 1. The van der Waals surface area contributed by atoms with Gasteiger partial charge >= 0.3 is 11.7 Å². The number of anilines is 1. The summed E-state index contributed by atoms with van der Waals surface area (Å²) in [5, 5.41) is 13.7. The second kappa shape index (κ2) is 9.55. The SMILES string of the molecule is COc1ccc(-c2[nH]c(C)c(C(=O)Nc3cccc(C(F)(F)C4CC4)c3)[n+]2O)cc1-c1c(C)cncc1C. The maximum absolute atomic E-state index is 14.6. The van der Waals surface area contributed by atoms with E-state index in [2.05, 4.69) is 15.3 Å². The van der Waals surface area contributed by atoms with Crippen molar-refractivity contribution in [2.45, 2.75) is 39.5 Å². The number of nitrogens with one attached hydrogen (secondary N) is 2. The van der Waals surface area contributed by atoms with Crippen LogP contribution in [0.3, 0.4) is 0 Å². The van der Waals surface area contributed by atoms with Crippen LogP contribution in [0.4, 0.5) is 14.5 Å². The molecule has 1 aliphatic carbocycles. The van der Waals surface area contributed by atoms with E-state index in [9.17, 15) is 18.8 Å². The Bertz CT molecular complexity index is 1520. The number of hydrogen-bond acceptors (Lipinski definition) is 4. The molecular weight excluding hydrogens is 490 g/mol. The van der Waals surface area contributed by atoms with Crippen LogP contribution in [0.5, 0.6) is 5.75 Å². The van der Waals surface area contributed by atoms with Crippen LogP contribution in [0.15, 0.2) is 54.9 Å². The quantitative estimate of drug-likeness (QED) is 0.208. The number of benzene rings is 2. The van der Waals surface area contributed by atoms with E-state index in [-0.39, 0.29) is 22.8 Å². The molecular formula is C29H29F2N4O3+. The Morgan fingerprint density at radius 3 is 2.50 bits per heavy atom. The molecule has 2 aromatic carbocycles. The number of nitrogens with zero attached hydrogens (tertiary/aromatic N) is 2. The first-order chi connectivity index (χ1) is 18.1. The Labute approximate surface area is 219 Å². The molecule has 7 nitrogen and oxygen atoms in total. The molecule has 2 heterocycles. The molecule has 1 fully saturated rings. The van der Waals surface area contributed by atoms with Crippen LogP contribution in [0, 0.1) is 26.7 Å². The molecule has 0 atom stereocenters. The highest BCUT2D eigenvalue weighted by atomic mass is 19.3. The lowest BCUT2D eigenvalue weighted by molar-refractivity contribution is -0.896. The molecule has 0 unspecified atom stereocenters. The second-order valence-electron chi connectivity index (χ2n) is 9.75. The third kappa shape index (κ3) is 4.49. The number of alkyl halides is 2. The van der Waals surface area contributed by atoms with Gasteiger partial charge in [0.2, 0.25) is 0 Å². The number of carbonyl (C=O) groups excluding carboxylic acids is 1. The predicted molar refractivity (Wildman–Crippen MR) is 139 cm³/mol. The van der Waals surface area contributed by atoms with Crippen LogP contribution in [-0.2, 0) is 5.92 Å². The fourth-order valence-electron chi connectivity index (χ4n) is 4.87. The summed E-state index contributed by atoms with van der Waals surface area (Å²) < 4.78 is 35.6. The van der Waals surface area contributed by atoms with Gasteiger partial charge in [-0.1, -0.05) is 12.1 Å². The predicted octanol–water partition coefficient (Wildman–Crippen LogP) is 5.96. The smallest absolute Gasteiger partial charge is 0.327 e. The fraction of sp³-hybridized carbons (Fsp3) is 0.276. The lowest BCUT2D eigenvalue weighted by Gasteiger charge is -2.16. The van der Waals surface area contributed by atoms with Gasteiger partial charge in [-0.05, 0) is 78.4 Å². The number of hydrogen-bond donors (Lipinski definition) is 3. The van der Waals surface area contributed by atoms with Crippen LogP contribution in [0.2, 0.25) is 0 Å². The van der Waals surface area contributed by atoms with E-state index in [1.54, 1.807) is 44.6 Å². The van der Waals surface area contributed by atoms with E-state index >= 15 is 0 Å². The average Bonchev–Trinajstić information content (AvgIpc) is 3.70. The monoisotopic (exact) mass is 519 g/mol. The number of halogens is 2. The first-order valence-electron chi connectivity index (χ1n) is 12.3. The van der Waals surface area contributed by atoms with E-state index in [1.165, 1.54) is 18.2 Å². The number of rotatable bonds is 7. The van der Waals surface area contributed by atoms with Crippen molar-refractivity contribution in [1.29, 1.82) is 0 Å². The molecule has 9 heteroatoms. The Balaban J connectivity index is 1.48. The van der Waals surface area contributed by atoms with Gasteiger partial charge in [0, 0.05) is 42.0 Å². The standard InChI is InChI=1S/C29H28F2N4O3/c1-16-14-32-15-17(2)25(16)23-12-19(8-11-24(23)38-4)27-33-18(3)26(35(27)37)28(36)34-22-7-5-6-21(13-22)29(30,31)20-9-10-20/h5-8,11-15,20,37H,9-10H2,1-4H3,(H,34,36)/p+1. The number of aromatic amines is 1. The van der Waals surface area contributed by atoms with Gasteiger partial charge in [0.15, 0.2) is 5.69 Å². The summed E-state index contributed by atoms with van der Waals surface area (Å²) in [4.78, 5) is 20.5. The minimum absolute atomic E-state index is 0.0343. The zero-order valence-electron chi connectivity index (χ0n) is 21.6. The average molecular weight is 520 g/mol. The minimum atomic E-state index is -2.94. The summed E-state index contributed by atoms with van der Waals surface area (Å²) in [6, 6.07) is 11.1. The van der Waals surface area contributed by atoms with Crippen LogP contribution >= 0.6 is 0 Å². The molecule has 5 rings (SSSR count). The van der Waals surface area contributed by atoms with Crippen LogP contribution in [0.25, 0.3) is 22.5 Å². The van der Waals surface area contributed by atoms with Gasteiger partial charge in [0.25, 0.3) is 11.6 Å². The summed E-state index contributed by atoms with van der Waals surface area (Å²) in [5.41, 5.74) is 4.80.